The molecular weight excluding hydrogens is 170 g/mol. The molecule has 2 N–H and O–H groups in total. The maximum atomic E-state index is 11.3. The van der Waals surface area contributed by atoms with Gasteiger partial charge in [0, 0.05) is 40.0 Å². The number of carbonyl (C=O) groups is 1. The van der Waals surface area contributed by atoms with E-state index in [2.05, 4.69) is 4.90 Å². The van der Waals surface area contributed by atoms with E-state index in [1.165, 1.54) is 7.11 Å². The van der Waals surface area contributed by atoms with Gasteiger partial charge in [0.2, 0.25) is 5.91 Å². The summed E-state index contributed by atoms with van der Waals surface area (Å²) in [7, 11) is 1.54. The quantitative estimate of drug-likeness (QED) is 0.596. The number of piperazine rings is 1. The molecule has 76 valence electrons. The molecule has 1 saturated heterocycles. The lowest BCUT2D eigenvalue weighted by molar-refractivity contribution is -0.136. The van der Waals surface area contributed by atoms with Crippen LogP contribution in [0.1, 0.15) is 0 Å². The lowest BCUT2D eigenvalue weighted by atomic mass is 10.3. The Balaban J connectivity index is 2.28. The fourth-order valence-corrected chi connectivity index (χ4v) is 1.39. The average molecular weight is 187 g/mol. The Morgan fingerprint density at radius 1 is 1.38 bits per heavy atom. The van der Waals surface area contributed by atoms with Gasteiger partial charge in [-0.1, -0.05) is 0 Å². The van der Waals surface area contributed by atoms with Crippen LogP contribution >= 0.6 is 0 Å². The number of carbonyl (C=O) groups excluding carboxylic acids is 1. The van der Waals surface area contributed by atoms with Gasteiger partial charge in [-0.2, -0.15) is 0 Å². The van der Waals surface area contributed by atoms with Crippen molar-refractivity contribution < 1.29 is 9.53 Å². The van der Waals surface area contributed by atoms with Crippen molar-refractivity contribution in [2.24, 2.45) is 5.73 Å². The van der Waals surface area contributed by atoms with Crippen LogP contribution in [0.3, 0.4) is 0 Å². The number of rotatable bonds is 3. The molecule has 0 aliphatic carbocycles. The van der Waals surface area contributed by atoms with Gasteiger partial charge in [0.25, 0.3) is 0 Å². The summed E-state index contributed by atoms with van der Waals surface area (Å²) in [5, 5.41) is 0. The van der Waals surface area contributed by atoms with E-state index in [-0.39, 0.29) is 12.5 Å². The summed E-state index contributed by atoms with van der Waals surface area (Å²) in [5.41, 5.74) is 5.48. The Labute approximate surface area is 78.4 Å². The Bertz CT molecular complexity index is 167. The first-order valence-electron chi connectivity index (χ1n) is 4.47. The SMILES string of the molecule is COCC(=O)N1CCN(CN)CC1. The van der Waals surface area contributed by atoms with Crippen molar-refractivity contribution in [2.75, 3.05) is 46.6 Å². The maximum Gasteiger partial charge on any atom is 0.248 e. The predicted molar refractivity (Wildman–Crippen MR) is 49.1 cm³/mol. The highest BCUT2D eigenvalue weighted by atomic mass is 16.5. The van der Waals surface area contributed by atoms with E-state index in [9.17, 15) is 4.79 Å². The highest BCUT2D eigenvalue weighted by Crippen LogP contribution is 2.00. The minimum atomic E-state index is 0.0687. The van der Waals surface area contributed by atoms with E-state index in [1.807, 2.05) is 4.90 Å². The maximum absolute atomic E-state index is 11.3. The van der Waals surface area contributed by atoms with E-state index in [0.29, 0.717) is 6.67 Å². The molecule has 1 aliphatic heterocycles. The molecule has 1 rings (SSSR count). The zero-order chi connectivity index (χ0) is 9.68. The van der Waals surface area contributed by atoms with E-state index >= 15 is 0 Å². The molecule has 1 amide bonds. The lowest BCUT2D eigenvalue weighted by Gasteiger charge is -2.33. The molecule has 0 unspecified atom stereocenters. The lowest BCUT2D eigenvalue weighted by Crippen LogP contribution is -2.50. The molecule has 5 heteroatoms. The van der Waals surface area contributed by atoms with E-state index < -0.39 is 0 Å². The summed E-state index contributed by atoms with van der Waals surface area (Å²) in [4.78, 5) is 15.3. The Kier molecular flexibility index (Phi) is 4.14. The zero-order valence-corrected chi connectivity index (χ0v) is 8.03. The van der Waals surface area contributed by atoms with Crippen molar-refractivity contribution in [1.29, 1.82) is 0 Å². The highest BCUT2D eigenvalue weighted by molar-refractivity contribution is 5.77. The molecule has 1 fully saturated rings. The van der Waals surface area contributed by atoms with Gasteiger partial charge in [0.1, 0.15) is 6.61 Å². The minimum Gasteiger partial charge on any atom is -0.375 e. The third kappa shape index (κ3) is 2.95. The fourth-order valence-electron chi connectivity index (χ4n) is 1.39. The predicted octanol–water partition coefficient (Wildman–Crippen LogP) is -1.31. The highest BCUT2D eigenvalue weighted by Gasteiger charge is 2.19. The second-order valence-corrected chi connectivity index (χ2v) is 3.11. The van der Waals surface area contributed by atoms with E-state index in [0.717, 1.165) is 26.2 Å². The molecule has 0 atom stereocenters. The van der Waals surface area contributed by atoms with Crippen LogP contribution in [-0.2, 0) is 9.53 Å². The summed E-state index contributed by atoms with van der Waals surface area (Å²) in [6, 6.07) is 0. The molecule has 13 heavy (non-hydrogen) atoms. The van der Waals surface area contributed by atoms with Gasteiger partial charge in [0.05, 0.1) is 0 Å². The second kappa shape index (κ2) is 5.16. The summed E-state index contributed by atoms with van der Waals surface area (Å²) >= 11 is 0. The van der Waals surface area contributed by atoms with Crippen molar-refractivity contribution in [3.63, 3.8) is 0 Å². The summed E-state index contributed by atoms with van der Waals surface area (Å²) in [5.74, 6) is 0.0687. The van der Waals surface area contributed by atoms with Crippen LogP contribution in [0.4, 0.5) is 0 Å². The van der Waals surface area contributed by atoms with Crippen LogP contribution in [0.25, 0.3) is 0 Å². The van der Waals surface area contributed by atoms with Gasteiger partial charge in [-0.15, -0.1) is 0 Å². The second-order valence-electron chi connectivity index (χ2n) is 3.11. The van der Waals surface area contributed by atoms with Crippen molar-refractivity contribution in [3.8, 4) is 0 Å². The number of amides is 1. The summed E-state index contributed by atoms with van der Waals surface area (Å²) in [6.07, 6.45) is 0. The molecule has 0 aromatic carbocycles. The number of nitrogens with two attached hydrogens (primary N) is 1. The minimum absolute atomic E-state index is 0.0687. The van der Waals surface area contributed by atoms with Crippen molar-refractivity contribution in [3.05, 3.63) is 0 Å². The van der Waals surface area contributed by atoms with Crippen LogP contribution in [0, 0.1) is 0 Å². The molecule has 0 saturated carbocycles. The molecule has 0 spiro atoms. The third-order valence-electron chi connectivity index (χ3n) is 2.25. The van der Waals surface area contributed by atoms with E-state index in [4.69, 9.17) is 10.5 Å². The molecule has 1 heterocycles. The summed E-state index contributed by atoms with van der Waals surface area (Å²) < 4.78 is 4.78. The van der Waals surface area contributed by atoms with Gasteiger partial charge in [0.15, 0.2) is 0 Å². The van der Waals surface area contributed by atoms with Gasteiger partial charge >= 0.3 is 0 Å². The van der Waals surface area contributed by atoms with Crippen LogP contribution in [0.15, 0.2) is 0 Å². The third-order valence-corrected chi connectivity index (χ3v) is 2.25. The number of hydrogen-bond acceptors (Lipinski definition) is 4. The monoisotopic (exact) mass is 187 g/mol. The zero-order valence-electron chi connectivity index (χ0n) is 8.03. The van der Waals surface area contributed by atoms with Crippen molar-refractivity contribution in [1.82, 2.24) is 9.80 Å². The molecule has 0 aromatic rings. The molecule has 5 nitrogen and oxygen atoms in total. The molecular formula is C8H17N3O2. The first kappa shape index (κ1) is 10.4. The molecule has 0 bridgehead atoms. The van der Waals surface area contributed by atoms with Gasteiger partial charge < -0.3 is 15.4 Å². The van der Waals surface area contributed by atoms with Gasteiger partial charge in [-0.25, -0.2) is 0 Å². The van der Waals surface area contributed by atoms with E-state index in [1.54, 1.807) is 0 Å². The van der Waals surface area contributed by atoms with Crippen LogP contribution in [0.5, 0.6) is 0 Å². The molecule has 0 radical (unpaired) electrons. The van der Waals surface area contributed by atoms with Gasteiger partial charge in [-0.05, 0) is 0 Å². The van der Waals surface area contributed by atoms with Crippen molar-refractivity contribution in [2.45, 2.75) is 0 Å². The Morgan fingerprint density at radius 3 is 2.46 bits per heavy atom. The topological polar surface area (TPSA) is 58.8 Å². The average Bonchev–Trinajstić information content (AvgIpc) is 2.18. The van der Waals surface area contributed by atoms with Crippen LogP contribution < -0.4 is 5.73 Å². The number of ether oxygens (including phenoxy) is 1. The first-order chi connectivity index (χ1) is 6.27. The molecule has 0 aromatic heterocycles. The smallest absolute Gasteiger partial charge is 0.248 e. The Morgan fingerprint density at radius 2 is 2.00 bits per heavy atom. The standard InChI is InChI=1S/C8H17N3O2/c1-13-6-8(12)11-4-2-10(7-9)3-5-11/h2-7,9H2,1H3. The first-order valence-corrected chi connectivity index (χ1v) is 4.47. The fraction of sp³-hybridized carbons (Fsp3) is 0.875. The Hall–Kier alpha value is -0.650. The van der Waals surface area contributed by atoms with Crippen LogP contribution in [0.2, 0.25) is 0 Å². The molecule has 1 aliphatic rings. The number of hydrogen-bond donors (Lipinski definition) is 1. The number of methoxy groups -OCH3 is 1. The largest absolute Gasteiger partial charge is 0.375 e. The van der Waals surface area contributed by atoms with Crippen molar-refractivity contribution >= 4 is 5.91 Å². The van der Waals surface area contributed by atoms with Gasteiger partial charge in [-0.3, -0.25) is 9.69 Å². The van der Waals surface area contributed by atoms with Crippen LogP contribution in [-0.4, -0.2) is 62.3 Å². The number of nitrogens with zero attached hydrogens (tertiary/aromatic N) is 2. The normalized spacial score (nSPS) is 19.1. The summed E-state index contributed by atoms with van der Waals surface area (Å²) in [6.45, 7) is 4.02.